The Morgan fingerprint density at radius 1 is 1.50 bits per heavy atom. The molecule has 0 saturated heterocycles. The lowest BCUT2D eigenvalue weighted by Gasteiger charge is -2.08. The second-order valence-electron chi connectivity index (χ2n) is 3.38. The number of halogens is 1. The maximum atomic E-state index is 11.6. The molecule has 1 amide bonds. The lowest BCUT2D eigenvalue weighted by molar-refractivity contribution is -0.122. The highest BCUT2D eigenvalue weighted by atomic mass is 79.9. The van der Waals surface area contributed by atoms with Gasteiger partial charge in [0.15, 0.2) is 5.78 Å². The number of hydrogen-bond acceptors (Lipinski definition) is 3. The second-order valence-corrected chi connectivity index (χ2v) is 5.05. The van der Waals surface area contributed by atoms with Crippen molar-refractivity contribution in [2.24, 2.45) is 0 Å². The van der Waals surface area contributed by atoms with E-state index >= 15 is 0 Å². The van der Waals surface area contributed by atoms with Gasteiger partial charge in [0.1, 0.15) is 0 Å². The summed E-state index contributed by atoms with van der Waals surface area (Å²) in [6.45, 7) is 4.36. The number of Topliss-reactive ketones (excluding diaryl/α,β-unsaturated/α-hetero) is 1. The molecular formula is C11H14BrNO2S. The second kappa shape index (κ2) is 6.15. The molecule has 5 heteroatoms. The highest BCUT2D eigenvalue weighted by Crippen LogP contribution is 2.25. The predicted octanol–water partition coefficient (Wildman–Crippen LogP) is 2.57. The molecule has 1 rings (SSSR count). The zero-order chi connectivity index (χ0) is 12.1. The van der Waals surface area contributed by atoms with Crippen molar-refractivity contribution >= 4 is 39.0 Å². The van der Waals surface area contributed by atoms with Crippen LogP contribution in [0, 0.1) is 0 Å². The third-order valence-corrected chi connectivity index (χ3v) is 4.01. The van der Waals surface area contributed by atoms with Crippen LogP contribution in [0.3, 0.4) is 0 Å². The van der Waals surface area contributed by atoms with Gasteiger partial charge in [0.2, 0.25) is 5.91 Å². The Bertz CT molecular complexity index is 389. The predicted molar refractivity (Wildman–Crippen MR) is 69.5 cm³/mol. The topological polar surface area (TPSA) is 46.2 Å². The highest BCUT2D eigenvalue weighted by molar-refractivity contribution is 9.09. The van der Waals surface area contributed by atoms with Gasteiger partial charge in [0.25, 0.3) is 0 Å². The van der Waals surface area contributed by atoms with E-state index in [1.165, 1.54) is 11.3 Å². The van der Waals surface area contributed by atoms with Gasteiger partial charge in [0, 0.05) is 11.4 Å². The Labute approximate surface area is 107 Å². The van der Waals surface area contributed by atoms with Crippen molar-refractivity contribution in [2.45, 2.75) is 19.8 Å². The fourth-order valence-electron chi connectivity index (χ4n) is 1.26. The number of amides is 1. The van der Waals surface area contributed by atoms with Crippen LogP contribution < -0.4 is 5.32 Å². The molecule has 1 N–H and O–H groups in total. The summed E-state index contributed by atoms with van der Waals surface area (Å²) in [6.07, 6.45) is 0. The van der Waals surface area contributed by atoms with Gasteiger partial charge in [-0.2, -0.15) is 0 Å². The molecule has 0 spiro atoms. The van der Waals surface area contributed by atoms with Crippen LogP contribution in [0.4, 0.5) is 0 Å². The molecule has 1 aromatic heterocycles. The first-order chi connectivity index (χ1) is 7.60. The summed E-state index contributed by atoms with van der Waals surface area (Å²) >= 11 is 4.52. The Morgan fingerprint density at radius 2 is 2.19 bits per heavy atom. The summed E-state index contributed by atoms with van der Waals surface area (Å²) in [5.74, 6) is -0.136. The van der Waals surface area contributed by atoms with Crippen LogP contribution >= 0.6 is 27.3 Å². The molecule has 88 valence electrons. The van der Waals surface area contributed by atoms with Crippen LogP contribution in [-0.2, 0) is 4.79 Å². The molecule has 0 aliphatic rings. The van der Waals surface area contributed by atoms with Crippen molar-refractivity contribution in [3.8, 4) is 0 Å². The standard InChI is InChI=1S/C11H14BrNO2S/c1-3-13-11(15)7(2)9-4-5-10(16-9)8(14)6-12/h4-5,7H,3,6H2,1-2H3,(H,13,15)/t7-/m0/s1. The number of ketones is 1. The Balaban J connectivity index is 2.77. The van der Waals surface area contributed by atoms with Crippen molar-refractivity contribution in [3.63, 3.8) is 0 Å². The van der Waals surface area contributed by atoms with E-state index in [1.54, 1.807) is 6.07 Å². The Kier molecular flexibility index (Phi) is 5.15. The maximum Gasteiger partial charge on any atom is 0.228 e. The molecule has 0 radical (unpaired) electrons. The summed E-state index contributed by atoms with van der Waals surface area (Å²) in [5, 5.41) is 3.09. The lowest BCUT2D eigenvalue weighted by atomic mass is 10.1. The van der Waals surface area contributed by atoms with Crippen LogP contribution in [0.1, 0.15) is 34.3 Å². The summed E-state index contributed by atoms with van der Waals surface area (Å²) in [4.78, 5) is 24.6. The SMILES string of the molecule is CCNC(=O)[C@@H](C)c1ccc(C(=O)CBr)s1. The van der Waals surface area contributed by atoms with E-state index in [2.05, 4.69) is 21.2 Å². The molecule has 0 saturated carbocycles. The summed E-state index contributed by atoms with van der Waals surface area (Å²) in [7, 11) is 0. The van der Waals surface area contributed by atoms with Crippen LogP contribution in [0.15, 0.2) is 12.1 Å². The van der Waals surface area contributed by atoms with Gasteiger partial charge >= 0.3 is 0 Å². The molecule has 0 fully saturated rings. The summed E-state index contributed by atoms with van der Waals surface area (Å²) in [5.41, 5.74) is 0. The third kappa shape index (κ3) is 3.15. The molecule has 16 heavy (non-hydrogen) atoms. The summed E-state index contributed by atoms with van der Waals surface area (Å²) < 4.78 is 0. The number of likely N-dealkylation sites (N-methyl/N-ethyl adjacent to an activating group) is 1. The molecule has 0 unspecified atom stereocenters. The van der Waals surface area contributed by atoms with Gasteiger partial charge in [0.05, 0.1) is 16.1 Å². The smallest absolute Gasteiger partial charge is 0.228 e. The number of nitrogens with one attached hydrogen (secondary N) is 1. The fourth-order valence-corrected chi connectivity index (χ4v) is 2.74. The zero-order valence-electron chi connectivity index (χ0n) is 9.25. The van der Waals surface area contributed by atoms with Crippen molar-refractivity contribution in [3.05, 3.63) is 21.9 Å². The molecule has 1 heterocycles. The van der Waals surface area contributed by atoms with Crippen molar-refractivity contribution in [1.82, 2.24) is 5.32 Å². The first kappa shape index (κ1) is 13.4. The largest absolute Gasteiger partial charge is 0.356 e. The normalized spacial score (nSPS) is 12.2. The first-order valence-electron chi connectivity index (χ1n) is 5.06. The monoisotopic (exact) mass is 303 g/mol. The van der Waals surface area contributed by atoms with E-state index in [9.17, 15) is 9.59 Å². The maximum absolute atomic E-state index is 11.6. The quantitative estimate of drug-likeness (QED) is 0.671. The van der Waals surface area contributed by atoms with E-state index in [-0.39, 0.29) is 17.6 Å². The average molecular weight is 304 g/mol. The summed E-state index contributed by atoms with van der Waals surface area (Å²) in [6, 6.07) is 3.62. The van der Waals surface area contributed by atoms with Gasteiger partial charge in [-0.15, -0.1) is 11.3 Å². The lowest BCUT2D eigenvalue weighted by Crippen LogP contribution is -2.27. The van der Waals surface area contributed by atoms with Gasteiger partial charge in [-0.05, 0) is 26.0 Å². The van der Waals surface area contributed by atoms with Gasteiger partial charge in [-0.1, -0.05) is 15.9 Å². The minimum Gasteiger partial charge on any atom is -0.356 e. The van der Waals surface area contributed by atoms with E-state index in [1.807, 2.05) is 19.9 Å². The molecule has 1 atom stereocenters. The van der Waals surface area contributed by atoms with Crippen molar-refractivity contribution in [1.29, 1.82) is 0 Å². The molecule has 0 aromatic carbocycles. The number of alkyl halides is 1. The highest BCUT2D eigenvalue weighted by Gasteiger charge is 2.17. The van der Waals surface area contributed by atoms with Gasteiger partial charge in [-0.3, -0.25) is 9.59 Å². The van der Waals surface area contributed by atoms with Crippen LogP contribution in [0.25, 0.3) is 0 Å². The van der Waals surface area contributed by atoms with Gasteiger partial charge in [-0.25, -0.2) is 0 Å². The molecule has 0 bridgehead atoms. The number of thiophene rings is 1. The molecule has 3 nitrogen and oxygen atoms in total. The number of carbonyl (C=O) groups excluding carboxylic acids is 2. The molecule has 0 aliphatic carbocycles. The van der Waals surface area contributed by atoms with Crippen molar-refractivity contribution in [2.75, 3.05) is 11.9 Å². The van der Waals surface area contributed by atoms with E-state index in [0.717, 1.165) is 4.88 Å². The van der Waals surface area contributed by atoms with Crippen molar-refractivity contribution < 1.29 is 9.59 Å². The minimum atomic E-state index is -0.193. The Hall–Kier alpha value is -0.680. The molecule has 0 aliphatic heterocycles. The van der Waals surface area contributed by atoms with Crippen LogP contribution in [0.2, 0.25) is 0 Å². The number of rotatable bonds is 5. The first-order valence-corrected chi connectivity index (χ1v) is 7.00. The van der Waals surface area contributed by atoms with E-state index in [4.69, 9.17) is 0 Å². The van der Waals surface area contributed by atoms with E-state index < -0.39 is 0 Å². The minimum absolute atomic E-state index is 0.00203. The Morgan fingerprint density at radius 3 is 2.75 bits per heavy atom. The number of carbonyl (C=O) groups is 2. The fraction of sp³-hybridized carbons (Fsp3) is 0.455. The van der Waals surface area contributed by atoms with Crippen LogP contribution in [0.5, 0.6) is 0 Å². The average Bonchev–Trinajstić information content (AvgIpc) is 2.76. The molecule has 1 aromatic rings. The van der Waals surface area contributed by atoms with E-state index in [0.29, 0.717) is 16.8 Å². The van der Waals surface area contributed by atoms with Gasteiger partial charge < -0.3 is 5.32 Å². The van der Waals surface area contributed by atoms with Crippen LogP contribution in [-0.4, -0.2) is 23.6 Å². The molecular weight excluding hydrogens is 290 g/mol. The third-order valence-electron chi connectivity index (χ3n) is 2.19. The zero-order valence-corrected chi connectivity index (χ0v) is 11.7. The number of hydrogen-bond donors (Lipinski definition) is 1.